The third-order valence-electron chi connectivity index (χ3n) is 2.87. The number of benzene rings is 1. The van der Waals surface area contributed by atoms with Crippen molar-refractivity contribution in [2.24, 2.45) is 0 Å². The summed E-state index contributed by atoms with van der Waals surface area (Å²) < 4.78 is 0. The summed E-state index contributed by atoms with van der Waals surface area (Å²) in [6.07, 6.45) is 2.67. The number of nitrogens with zero attached hydrogens (tertiary/aromatic N) is 6. The van der Waals surface area contributed by atoms with Gasteiger partial charge in [0.15, 0.2) is 12.0 Å². The molecule has 0 aliphatic rings. The summed E-state index contributed by atoms with van der Waals surface area (Å²) in [6.45, 7) is 0.0655. The molecule has 1 aromatic carbocycles. The predicted octanol–water partition coefficient (Wildman–Crippen LogP) is 1.53. The van der Waals surface area contributed by atoms with Crippen LogP contribution in [0.5, 0.6) is 0 Å². The molecule has 2 aromatic heterocycles. The summed E-state index contributed by atoms with van der Waals surface area (Å²) in [5, 5.41) is 20.9. The first-order valence-corrected chi connectivity index (χ1v) is 6.57. The van der Waals surface area contributed by atoms with E-state index in [2.05, 4.69) is 25.4 Å². The van der Waals surface area contributed by atoms with Crippen molar-refractivity contribution in [3.8, 4) is 11.3 Å². The van der Waals surface area contributed by atoms with Crippen LogP contribution in [0.3, 0.4) is 0 Å². The van der Waals surface area contributed by atoms with Crippen molar-refractivity contribution in [1.29, 1.82) is 0 Å². The molecule has 0 amide bonds. The van der Waals surface area contributed by atoms with Gasteiger partial charge < -0.3 is 5.11 Å². The van der Waals surface area contributed by atoms with Gasteiger partial charge in [-0.05, 0) is 17.3 Å². The smallest absolute Gasteiger partial charge is 0.356 e. The summed E-state index contributed by atoms with van der Waals surface area (Å²) in [5.74, 6) is -1.16. The Kier molecular flexibility index (Phi) is 3.75. The van der Waals surface area contributed by atoms with E-state index in [1.807, 2.05) is 0 Å². The van der Waals surface area contributed by atoms with Crippen LogP contribution in [0.2, 0.25) is 5.02 Å². The first-order valence-electron chi connectivity index (χ1n) is 6.19. The van der Waals surface area contributed by atoms with Crippen molar-refractivity contribution in [2.75, 3.05) is 0 Å². The summed E-state index contributed by atoms with van der Waals surface area (Å²) in [6, 6.07) is 7.01. The molecule has 110 valence electrons. The third kappa shape index (κ3) is 2.91. The maximum Gasteiger partial charge on any atom is 0.356 e. The fourth-order valence-electron chi connectivity index (χ4n) is 1.87. The first kappa shape index (κ1) is 14.1. The molecule has 0 saturated heterocycles. The molecule has 0 saturated carbocycles. The summed E-state index contributed by atoms with van der Waals surface area (Å²) in [5.41, 5.74) is 1.42. The number of aromatic nitrogens is 6. The molecule has 1 N–H and O–H groups in total. The Hall–Kier alpha value is -2.87. The van der Waals surface area contributed by atoms with Crippen molar-refractivity contribution in [2.45, 2.75) is 6.54 Å². The Balaban J connectivity index is 2.03. The predicted molar refractivity (Wildman–Crippen MR) is 76.4 cm³/mol. The number of carbonyl (C=O) groups is 1. The zero-order valence-corrected chi connectivity index (χ0v) is 11.8. The zero-order valence-electron chi connectivity index (χ0n) is 11.1. The fourth-order valence-corrected chi connectivity index (χ4v) is 2.00. The van der Waals surface area contributed by atoms with Gasteiger partial charge >= 0.3 is 5.97 Å². The lowest BCUT2D eigenvalue weighted by atomic mass is 10.1. The van der Waals surface area contributed by atoms with Crippen LogP contribution in [0, 0.1) is 0 Å². The van der Waals surface area contributed by atoms with E-state index in [0.717, 1.165) is 5.56 Å². The van der Waals surface area contributed by atoms with E-state index >= 15 is 0 Å². The van der Waals surface area contributed by atoms with Crippen LogP contribution in [0.4, 0.5) is 0 Å². The number of hydrogen-bond donors (Lipinski definition) is 1. The van der Waals surface area contributed by atoms with E-state index < -0.39 is 5.97 Å². The van der Waals surface area contributed by atoms with Crippen molar-refractivity contribution in [1.82, 2.24) is 30.2 Å². The first-order chi connectivity index (χ1) is 10.6. The highest BCUT2D eigenvalue weighted by molar-refractivity contribution is 6.30. The molecule has 0 aliphatic heterocycles. The molecule has 0 aliphatic carbocycles. The minimum Gasteiger partial charge on any atom is -0.476 e. The fraction of sp³-hybridized carbons (Fsp3) is 0.0769. The summed E-state index contributed by atoms with van der Waals surface area (Å²) in [7, 11) is 0. The molecule has 3 rings (SSSR count). The Bertz CT molecular complexity index is 804. The van der Waals surface area contributed by atoms with Crippen molar-refractivity contribution in [3.63, 3.8) is 0 Å². The van der Waals surface area contributed by atoms with Crippen LogP contribution in [0.1, 0.15) is 16.2 Å². The molecule has 22 heavy (non-hydrogen) atoms. The molecule has 0 atom stereocenters. The molecular weight excluding hydrogens is 308 g/mol. The van der Waals surface area contributed by atoms with Gasteiger partial charge in [0, 0.05) is 10.6 Å². The van der Waals surface area contributed by atoms with E-state index in [1.165, 1.54) is 17.3 Å². The number of halogens is 1. The monoisotopic (exact) mass is 316 g/mol. The van der Waals surface area contributed by atoms with Gasteiger partial charge in [0.2, 0.25) is 0 Å². The van der Waals surface area contributed by atoms with Gasteiger partial charge in [0.05, 0.1) is 17.6 Å². The Morgan fingerprint density at radius 2 is 2.05 bits per heavy atom. The standard InChI is InChI=1S/C13H9ClN6O2/c14-9-3-1-8(2-4-9)10-5-15-12(13(21)22)11(18-10)6-20-17-7-16-19-20/h1-5,7H,6H2,(H,21,22). The zero-order chi connectivity index (χ0) is 15.5. The van der Waals surface area contributed by atoms with Gasteiger partial charge in [-0.3, -0.25) is 0 Å². The summed E-state index contributed by atoms with van der Waals surface area (Å²) in [4.78, 5) is 20.8. The molecule has 8 nitrogen and oxygen atoms in total. The van der Waals surface area contributed by atoms with Gasteiger partial charge in [0.1, 0.15) is 6.54 Å². The van der Waals surface area contributed by atoms with Gasteiger partial charge in [0.25, 0.3) is 0 Å². The molecule has 3 aromatic rings. The lowest BCUT2D eigenvalue weighted by molar-refractivity contribution is 0.0688. The second kappa shape index (κ2) is 5.86. The third-order valence-corrected chi connectivity index (χ3v) is 3.12. The number of tetrazole rings is 1. The SMILES string of the molecule is O=C(O)c1ncc(-c2ccc(Cl)cc2)nc1Cn1ncnn1. The highest BCUT2D eigenvalue weighted by Crippen LogP contribution is 2.20. The van der Waals surface area contributed by atoms with Crippen LogP contribution < -0.4 is 0 Å². The average Bonchev–Trinajstić information content (AvgIpc) is 3.00. The number of carboxylic acid groups (broad SMARTS) is 1. The Morgan fingerprint density at radius 3 is 2.68 bits per heavy atom. The molecule has 0 unspecified atom stereocenters. The molecular formula is C13H9ClN6O2. The number of aromatic carboxylic acids is 1. The largest absolute Gasteiger partial charge is 0.476 e. The topological polar surface area (TPSA) is 107 Å². The molecule has 0 spiro atoms. The van der Waals surface area contributed by atoms with E-state index in [-0.39, 0.29) is 17.9 Å². The van der Waals surface area contributed by atoms with E-state index in [0.29, 0.717) is 10.7 Å². The second-order valence-corrected chi connectivity index (χ2v) is 4.77. The van der Waals surface area contributed by atoms with Gasteiger partial charge in [-0.2, -0.15) is 4.80 Å². The van der Waals surface area contributed by atoms with Crippen LogP contribution in [-0.4, -0.2) is 41.3 Å². The average molecular weight is 317 g/mol. The maximum absolute atomic E-state index is 11.3. The minimum absolute atomic E-state index is 0.0655. The lowest BCUT2D eigenvalue weighted by Crippen LogP contribution is -2.14. The van der Waals surface area contributed by atoms with Gasteiger partial charge in [-0.1, -0.05) is 23.7 Å². The molecule has 2 heterocycles. The van der Waals surface area contributed by atoms with Crippen LogP contribution in [0.25, 0.3) is 11.3 Å². The van der Waals surface area contributed by atoms with E-state index in [1.54, 1.807) is 24.3 Å². The molecule has 0 fully saturated rings. The van der Waals surface area contributed by atoms with Crippen LogP contribution in [-0.2, 0) is 6.54 Å². The highest BCUT2D eigenvalue weighted by Gasteiger charge is 2.16. The van der Waals surface area contributed by atoms with Crippen LogP contribution >= 0.6 is 11.6 Å². The molecule has 9 heteroatoms. The van der Waals surface area contributed by atoms with Crippen molar-refractivity contribution >= 4 is 17.6 Å². The minimum atomic E-state index is -1.16. The van der Waals surface area contributed by atoms with Crippen LogP contribution in [0.15, 0.2) is 36.8 Å². The van der Waals surface area contributed by atoms with Crippen molar-refractivity contribution in [3.05, 3.63) is 53.2 Å². The number of carboxylic acids is 1. The Labute approximate surface area is 129 Å². The lowest BCUT2D eigenvalue weighted by Gasteiger charge is -2.07. The normalized spacial score (nSPS) is 10.6. The second-order valence-electron chi connectivity index (χ2n) is 4.33. The highest BCUT2D eigenvalue weighted by atomic mass is 35.5. The maximum atomic E-state index is 11.3. The molecule has 0 radical (unpaired) electrons. The van der Waals surface area contributed by atoms with Crippen molar-refractivity contribution < 1.29 is 9.90 Å². The van der Waals surface area contributed by atoms with E-state index in [9.17, 15) is 9.90 Å². The summed E-state index contributed by atoms with van der Waals surface area (Å²) >= 11 is 5.85. The van der Waals surface area contributed by atoms with Gasteiger partial charge in [-0.15, -0.1) is 10.2 Å². The quantitative estimate of drug-likeness (QED) is 0.777. The van der Waals surface area contributed by atoms with E-state index in [4.69, 9.17) is 11.6 Å². The number of hydrogen-bond acceptors (Lipinski definition) is 6. The van der Waals surface area contributed by atoms with Gasteiger partial charge in [-0.25, -0.2) is 14.8 Å². The number of rotatable bonds is 4. The molecule has 0 bridgehead atoms. The Morgan fingerprint density at radius 1 is 1.27 bits per heavy atom.